The van der Waals surface area contributed by atoms with Crippen LogP contribution in [-0.4, -0.2) is 40.7 Å². The lowest BCUT2D eigenvalue weighted by molar-refractivity contribution is -0.119. The van der Waals surface area contributed by atoms with Crippen molar-refractivity contribution in [1.82, 2.24) is 5.32 Å². The average Bonchev–Trinajstić information content (AvgIpc) is 3.69. The molecule has 4 N–H and O–H groups in total. The first-order valence-corrected chi connectivity index (χ1v) is 14.2. The Morgan fingerprint density at radius 1 is 0.682 bits per heavy atom. The van der Waals surface area contributed by atoms with Gasteiger partial charge < -0.3 is 25.4 Å². The molecule has 10 nitrogen and oxygen atoms in total. The Morgan fingerprint density at radius 3 is 1.82 bits per heavy atom. The van der Waals surface area contributed by atoms with Gasteiger partial charge in [0.05, 0.1) is 11.4 Å². The second-order valence-corrected chi connectivity index (χ2v) is 12.6. The van der Waals surface area contributed by atoms with Crippen molar-refractivity contribution in [3.05, 3.63) is 78.1 Å². The molecule has 1 saturated carbocycles. The van der Waals surface area contributed by atoms with Crippen LogP contribution in [0.3, 0.4) is 0 Å². The summed E-state index contributed by atoms with van der Waals surface area (Å²) >= 11 is 0. The summed E-state index contributed by atoms with van der Waals surface area (Å²) in [4.78, 5) is 50.9. The molecule has 0 unspecified atom stereocenters. The quantitative estimate of drug-likeness (QED) is 0.228. The summed E-state index contributed by atoms with van der Waals surface area (Å²) in [5.41, 5.74) is 0.249. The van der Waals surface area contributed by atoms with Crippen LogP contribution >= 0.6 is 0 Å². The predicted molar refractivity (Wildman–Crippen MR) is 166 cm³/mol. The highest BCUT2D eigenvalue weighted by atomic mass is 19.1. The van der Waals surface area contributed by atoms with E-state index in [2.05, 4.69) is 21.3 Å². The summed E-state index contributed by atoms with van der Waals surface area (Å²) in [6.45, 7) is 10.4. The molecule has 11 heteroatoms. The van der Waals surface area contributed by atoms with Crippen molar-refractivity contribution in [2.24, 2.45) is 0 Å². The van der Waals surface area contributed by atoms with E-state index in [1.807, 2.05) is 0 Å². The fourth-order valence-electron chi connectivity index (χ4n) is 4.18. The molecular weight excluding hydrogens is 567 g/mol. The molecule has 4 amide bonds. The Morgan fingerprint density at radius 2 is 1.25 bits per heavy atom. The lowest BCUT2D eigenvalue weighted by atomic mass is 10.0. The van der Waals surface area contributed by atoms with E-state index in [-0.39, 0.29) is 17.3 Å². The molecule has 0 heterocycles. The van der Waals surface area contributed by atoms with Crippen LogP contribution < -0.4 is 21.3 Å². The van der Waals surface area contributed by atoms with Gasteiger partial charge >= 0.3 is 12.2 Å². The van der Waals surface area contributed by atoms with E-state index in [4.69, 9.17) is 9.47 Å². The second-order valence-electron chi connectivity index (χ2n) is 12.6. The first-order valence-electron chi connectivity index (χ1n) is 14.2. The first-order chi connectivity index (χ1) is 20.5. The SMILES string of the molecule is CC(C)(C)OC(=O)Nc1ccc(-c2ccc(F)cc2)cc1NC(=O)c1ccc(NC(=O)C2(NC(=O)OC(C)(C)C)CC2)cc1. The molecular formula is C33H37FN4O6. The maximum Gasteiger partial charge on any atom is 0.412 e. The van der Waals surface area contributed by atoms with Crippen molar-refractivity contribution in [1.29, 1.82) is 0 Å². The minimum atomic E-state index is -1.04. The van der Waals surface area contributed by atoms with Crippen molar-refractivity contribution in [2.45, 2.75) is 71.1 Å². The van der Waals surface area contributed by atoms with Gasteiger partial charge in [0.1, 0.15) is 22.6 Å². The summed E-state index contributed by atoms with van der Waals surface area (Å²) < 4.78 is 24.1. The maximum atomic E-state index is 13.5. The minimum Gasteiger partial charge on any atom is -0.444 e. The molecule has 0 radical (unpaired) electrons. The lowest BCUT2D eigenvalue weighted by Gasteiger charge is -2.23. The van der Waals surface area contributed by atoms with Gasteiger partial charge in [-0.25, -0.2) is 14.0 Å². The zero-order valence-electron chi connectivity index (χ0n) is 25.6. The van der Waals surface area contributed by atoms with E-state index in [1.165, 1.54) is 24.3 Å². The molecule has 1 fully saturated rings. The molecule has 3 aromatic rings. The highest BCUT2D eigenvalue weighted by molar-refractivity contribution is 6.08. The zero-order valence-corrected chi connectivity index (χ0v) is 25.6. The summed E-state index contributed by atoms with van der Waals surface area (Å²) in [5.74, 6) is -1.23. The van der Waals surface area contributed by atoms with E-state index >= 15 is 0 Å². The molecule has 0 spiro atoms. The van der Waals surface area contributed by atoms with Crippen LogP contribution in [0.1, 0.15) is 64.7 Å². The molecule has 0 saturated heterocycles. The Balaban J connectivity index is 1.48. The highest BCUT2D eigenvalue weighted by Gasteiger charge is 2.52. The topological polar surface area (TPSA) is 135 Å². The maximum absolute atomic E-state index is 13.5. The number of benzene rings is 3. The number of rotatable bonds is 7. The van der Waals surface area contributed by atoms with Gasteiger partial charge in [-0.05, 0) is 114 Å². The fraction of sp³-hybridized carbons (Fsp3) is 0.333. The third-order valence-corrected chi connectivity index (χ3v) is 6.41. The van der Waals surface area contributed by atoms with Gasteiger partial charge in [-0.15, -0.1) is 0 Å². The first kappa shape index (κ1) is 32.0. The summed E-state index contributed by atoms with van der Waals surface area (Å²) in [5, 5.41) is 10.9. The van der Waals surface area contributed by atoms with Gasteiger partial charge in [0.2, 0.25) is 5.91 Å². The number of hydrogen-bond acceptors (Lipinski definition) is 6. The normalized spacial score (nSPS) is 13.7. The van der Waals surface area contributed by atoms with Crippen molar-refractivity contribution in [3.8, 4) is 11.1 Å². The second kappa shape index (κ2) is 12.4. The van der Waals surface area contributed by atoms with Crippen LogP contribution in [-0.2, 0) is 14.3 Å². The van der Waals surface area contributed by atoms with Gasteiger partial charge in [0.15, 0.2) is 0 Å². The summed E-state index contributed by atoms with van der Waals surface area (Å²) in [6.07, 6.45) is -0.400. The van der Waals surface area contributed by atoms with Crippen LogP contribution in [0, 0.1) is 5.82 Å². The van der Waals surface area contributed by atoms with Gasteiger partial charge in [-0.3, -0.25) is 14.9 Å². The number of ether oxygens (including phenoxy) is 2. The van der Waals surface area contributed by atoms with E-state index in [0.717, 1.165) is 0 Å². The monoisotopic (exact) mass is 604 g/mol. The number of alkyl carbamates (subject to hydrolysis) is 1. The summed E-state index contributed by atoms with van der Waals surface area (Å²) in [7, 11) is 0. The standard InChI is InChI=1S/C33H37FN4O6/c1-31(2,3)43-29(41)37-25-16-11-22(20-7-12-23(34)13-8-20)19-26(25)36-27(39)21-9-14-24(15-10-21)35-28(40)33(17-18-33)38-30(42)44-32(4,5)6/h7-16,19H,17-18H2,1-6H3,(H,35,40)(H,36,39)(H,37,41)(H,38,42). The van der Waals surface area contributed by atoms with Crippen molar-refractivity contribution < 1.29 is 33.0 Å². The van der Waals surface area contributed by atoms with E-state index in [0.29, 0.717) is 41.0 Å². The Hall–Kier alpha value is -4.93. The van der Waals surface area contributed by atoms with E-state index < -0.39 is 34.8 Å². The highest BCUT2D eigenvalue weighted by Crippen LogP contribution is 2.37. The fourth-order valence-corrected chi connectivity index (χ4v) is 4.18. The third-order valence-electron chi connectivity index (χ3n) is 6.41. The van der Waals surface area contributed by atoms with Crippen LogP contribution in [0.4, 0.5) is 31.0 Å². The van der Waals surface area contributed by atoms with Crippen LogP contribution in [0.2, 0.25) is 0 Å². The van der Waals surface area contributed by atoms with Crippen molar-refractivity contribution >= 4 is 41.1 Å². The van der Waals surface area contributed by atoms with Crippen LogP contribution in [0.15, 0.2) is 66.7 Å². The molecule has 1 aliphatic rings. The molecule has 0 bridgehead atoms. The number of halogens is 1. The molecule has 1 aliphatic carbocycles. The molecule has 232 valence electrons. The Bertz CT molecular complexity index is 1550. The van der Waals surface area contributed by atoms with Gasteiger partial charge in [0, 0.05) is 11.3 Å². The smallest absolute Gasteiger partial charge is 0.412 e. The van der Waals surface area contributed by atoms with E-state index in [9.17, 15) is 23.6 Å². The molecule has 3 aromatic carbocycles. The lowest BCUT2D eigenvalue weighted by Crippen LogP contribution is -2.47. The number of carbonyl (C=O) groups excluding carboxylic acids is 4. The van der Waals surface area contributed by atoms with Gasteiger partial charge in [-0.2, -0.15) is 0 Å². The minimum absolute atomic E-state index is 0.284. The Kier molecular flexibility index (Phi) is 8.98. The number of amides is 4. The molecule has 0 aliphatic heterocycles. The van der Waals surface area contributed by atoms with E-state index in [1.54, 1.807) is 84.0 Å². The Labute approximate surface area is 255 Å². The third kappa shape index (κ3) is 8.79. The largest absolute Gasteiger partial charge is 0.444 e. The molecule has 44 heavy (non-hydrogen) atoms. The van der Waals surface area contributed by atoms with Gasteiger partial charge in [0.25, 0.3) is 5.91 Å². The molecule has 0 atom stereocenters. The van der Waals surface area contributed by atoms with Crippen molar-refractivity contribution in [3.63, 3.8) is 0 Å². The number of nitrogens with one attached hydrogen (secondary N) is 4. The van der Waals surface area contributed by atoms with Gasteiger partial charge in [-0.1, -0.05) is 18.2 Å². The summed E-state index contributed by atoms with van der Waals surface area (Å²) in [6, 6.07) is 17.1. The number of anilines is 3. The molecule has 0 aromatic heterocycles. The zero-order chi connectivity index (χ0) is 32.3. The number of hydrogen-bond donors (Lipinski definition) is 4. The van der Waals surface area contributed by atoms with Crippen LogP contribution in [0.25, 0.3) is 11.1 Å². The van der Waals surface area contributed by atoms with Crippen molar-refractivity contribution in [2.75, 3.05) is 16.0 Å². The predicted octanol–water partition coefficient (Wildman–Crippen LogP) is 7.09. The molecule has 4 rings (SSSR count). The number of carbonyl (C=O) groups is 4. The van der Waals surface area contributed by atoms with Crippen LogP contribution in [0.5, 0.6) is 0 Å². The average molecular weight is 605 g/mol.